The van der Waals surface area contributed by atoms with Crippen molar-refractivity contribution in [3.63, 3.8) is 0 Å². The lowest BCUT2D eigenvalue weighted by Gasteiger charge is -2.11. The van der Waals surface area contributed by atoms with Gasteiger partial charge in [0.1, 0.15) is 5.82 Å². The van der Waals surface area contributed by atoms with Crippen molar-refractivity contribution >= 4 is 24.0 Å². The number of aromatic amines is 1. The summed E-state index contributed by atoms with van der Waals surface area (Å²) in [7, 11) is 0. The van der Waals surface area contributed by atoms with E-state index in [-0.39, 0.29) is 12.3 Å². The highest BCUT2D eigenvalue weighted by atomic mass is 16.2. The quantitative estimate of drug-likeness (QED) is 0.337. The third-order valence-electron chi connectivity index (χ3n) is 5.21. The number of hydrogen-bond donors (Lipinski definition) is 3. The molecule has 0 bridgehead atoms. The summed E-state index contributed by atoms with van der Waals surface area (Å²) in [4.78, 5) is 26.7. The molecule has 0 aliphatic carbocycles. The van der Waals surface area contributed by atoms with Gasteiger partial charge in [0.2, 0.25) is 12.3 Å². The highest BCUT2D eigenvalue weighted by Gasteiger charge is 2.09. The maximum absolute atomic E-state index is 11.5. The molecule has 0 spiro atoms. The van der Waals surface area contributed by atoms with E-state index in [4.69, 9.17) is 4.98 Å². The number of benzene rings is 2. The van der Waals surface area contributed by atoms with E-state index in [0.29, 0.717) is 18.6 Å². The van der Waals surface area contributed by atoms with Gasteiger partial charge in [0.25, 0.3) is 0 Å². The van der Waals surface area contributed by atoms with Crippen molar-refractivity contribution in [3.05, 3.63) is 95.2 Å². The molecule has 0 saturated heterocycles. The number of pyridine rings is 1. The second kappa shape index (κ2) is 10.4. The predicted molar refractivity (Wildman–Crippen MR) is 128 cm³/mol. The fraction of sp³-hybridized carbons (Fsp3) is 0.154. The standard InChI is InChI=1S/C26H25N5O2/c1-18-13-25(31-30-18)29-24-16-21(14-20-5-3-2-4-6-20)15-23(28-24)22-10-7-19(8-11-22)9-12-26(33)27-17-32/h2-8,10-11,13,15-17H,9,12,14H2,1H3,(H,27,32,33)(H2,28,29,30,31). The molecule has 2 amide bonds. The van der Waals surface area contributed by atoms with E-state index in [2.05, 4.69) is 39.0 Å². The van der Waals surface area contributed by atoms with Crippen LogP contribution in [0.3, 0.4) is 0 Å². The van der Waals surface area contributed by atoms with Crippen LogP contribution in [0.2, 0.25) is 0 Å². The largest absolute Gasteiger partial charge is 0.323 e. The van der Waals surface area contributed by atoms with E-state index in [1.165, 1.54) is 5.56 Å². The minimum atomic E-state index is -0.284. The van der Waals surface area contributed by atoms with Gasteiger partial charge in [0.15, 0.2) is 5.82 Å². The van der Waals surface area contributed by atoms with Crippen LogP contribution in [0.15, 0.2) is 72.8 Å². The summed E-state index contributed by atoms with van der Waals surface area (Å²) in [6, 6.07) is 24.4. The number of H-pyrrole nitrogens is 1. The first-order chi connectivity index (χ1) is 16.1. The number of aromatic nitrogens is 3. The summed E-state index contributed by atoms with van der Waals surface area (Å²) < 4.78 is 0. The zero-order chi connectivity index (χ0) is 23.0. The number of imide groups is 1. The minimum Gasteiger partial charge on any atom is -0.323 e. The number of aryl methyl sites for hydroxylation is 2. The molecule has 0 atom stereocenters. The summed E-state index contributed by atoms with van der Waals surface area (Å²) in [5.41, 5.74) is 6.17. The Bertz CT molecular complexity index is 1230. The molecule has 4 rings (SSSR count). The van der Waals surface area contributed by atoms with Crippen molar-refractivity contribution < 1.29 is 9.59 Å². The summed E-state index contributed by atoms with van der Waals surface area (Å²) in [6.45, 7) is 1.95. The second-order valence-electron chi connectivity index (χ2n) is 7.85. The topological polar surface area (TPSA) is 99.8 Å². The Morgan fingerprint density at radius 3 is 2.42 bits per heavy atom. The molecule has 2 aromatic carbocycles. The zero-order valence-electron chi connectivity index (χ0n) is 18.3. The van der Waals surface area contributed by atoms with Gasteiger partial charge in [-0.2, -0.15) is 5.10 Å². The molecule has 0 radical (unpaired) electrons. The summed E-state index contributed by atoms with van der Waals surface area (Å²) >= 11 is 0. The van der Waals surface area contributed by atoms with Crippen LogP contribution in [0, 0.1) is 6.92 Å². The molecule has 2 heterocycles. The van der Waals surface area contributed by atoms with Crippen molar-refractivity contribution in [2.24, 2.45) is 0 Å². The van der Waals surface area contributed by atoms with E-state index in [0.717, 1.165) is 40.3 Å². The van der Waals surface area contributed by atoms with E-state index in [1.807, 2.05) is 61.5 Å². The molecule has 0 saturated carbocycles. The molecule has 2 aromatic heterocycles. The Morgan fingerprint density at radius 2 is 1.73 bits per heavy atom. The number of amides is 2. The normalized spacial score (nSPS) is 10.6. The molecule has 33 heavy (non-hydrogen) atoms. The lowest BCUT2D eigenvalue weighted by atomic mass is 10.0. The zero-order valence-corrected chi connectivity index (χ0v) is 18.3. The van der Waals surface area contributed by atoms with Gasteiger partial charge in [-0.15, -0.1) is 0 Å². The maximum atomic E-state index is 11.5. The molecule has 4 aromatic rings. The van der Waals surface area contributed by atoms with Crippen LogP contribution < -0.4 is 10.6 Å². The molecule has 0 unspecified atom stereocenters. The fourth-order valence-corrected chi connectivity index (χ4v) is 3.58. The molecule has 7 nitrogen and oxygen atoms in total. The van der Waals surface area contributed by atoms with Crippen LogP contribution in [0.1, 0.15) is 28.8 Å². The number of anilines is 2. The van der Waals surface area contributed by atoms with Gasteiger partial charge < -0.3 is 5.32 Å². The van der Waals surface area contributed by atoms with Gasteiger partial charge in [0, 0.05) is 23.7 Å². The number of nitrogens with zero attached hydrogens (tertiary/aromatic N) is 2. The molecule has 0 fully saturated rings. The minimum absolute atomic E-state index is 0.264. The van der Waals surface area contributed by atoms with Gasteiger partial charge >= 0.3 is 0 Å². The molecule has 0 aliphatic heterocycles. The van der Waals surface area contributed by atoms with Gasteiger partial charge in [-0.3, -0.25) is 20.0 Å². The molecular formula is C26H25N5O2. The molecule has 3 N–H and O–H groups in total. The summed E-state index contributed by atoms with van der Waals surface area (Å²) in [5.74, 6) is 1.15. The van der Waals surface area contributed by atoms with Crippen molar-refractivity contribution in [1.82, 2.24) is 20.5 Å². The van der Waals surface area contributed by atoms with Gasteiger partial charge in [-0.1, -0.05) is 54.6 Å². The highest BCUT2D eigenvalue weighted by Crippen LogP contribution is 2.25. The molecular weight excluding hydrogens is 414 g/mol. The van der Waals surface area contributed by atoms with Crippen LogP contribution in [0.5, 0.6) is 0 Å². The van der Waals surface area contributed by atoms with Crippen LogP contribution in [0.4, 0.5) is 11.6 Å². The number of carbonyl (C=O) groups excluding carboxylic acids is 2. The number of nitrogens with one attached hydrogen (secondary N) is 3. The van der Waals surface area contributed by atoms with E-state index in [1.54, 1.807) is 0 Å². The lowest BCUT2D eigenvalue weighted by Crippen LogP contribution is -2.21. The van der Waals surface area contributed by atoms with Crippen LogP contribution in [-0.4, -0.2) is 27.5 Å². The second-order valence-corrected chi connectivity index (χ2v) is 7.85. The third kappa shape index (κ3) is 6.13. The maximum Gasteiger partial charge on any atom is 0.226 e. The van der Waals surface area contributed by atoms with Crippen LogP contribution in [-0.2, 0) is 22.4 Å². The Labute approximate surface area is 192 Å². The lowest BCUT2D eigenvalue weighted by molar-refractivity contribution is -0.125. The molecule has 166 valence electrons. The van der Waals surface area contributed by atoms with E-state index < -0.39 is 0 Å². The SMILES string of the molecule is Cc1cc(Nc2cc(Cc3ccccc3)cc(-c3ccc(CCC(=O)NC=O)cc3)n2)n[nH]1. The monoisotopic (exact) mass is 439 g/mol. The number of carbonyl (C=O) groups is 2. The van der Waals surface area contributed by atoms with Crippen LogP contribution >= 0.6 is 0 Å². The number of rotatable bonds is 9. The highest BCUT2D eigenvalue weighted by molar-refractivity contribution is 5.85. The Hall–Kier alpha value is -4.26. The van der Waals surface area contributed by atoms with E-state index in [9.17, 15) is 9.59 Å². The first kappa shape index (κ1) is 22.0. The number of hydrogen-bond acceptors (Lipinski definition) is 5. The first-order valence-corrected chi connectivity index (χ1v) is 10.8. The molecule has 7 heteroatoms. The molecule has 0 aliphatic rings. The van der Waals surface area contributed by atoms with E-state index >= 15 is 0 Å². The van der Waals surface area contributed by atoms with Crippen molar-refractivity contribution in [3.8, 4) is 11.3 Å². The average molecular weight is 440 g/mol. The third-order valence-corrected chi connectivity index (χ3v) is 5.21. The van der Waals surface area contributed by atoms with Gasteiger partial charge in [-0.25, -0.2) is 4.98 Å². The van der Waals surface area contributed by atoms with Crippen molar-refractivity contribution in [1.29, 1.82) is 0 Å². The van der Waals surface area contributed by atoms with Crippen molar-refractivity contribution in [2.75, 3.05) is 5.32 Å². The Balaban J connectivity index is 1.59. The van der Waals surface area contributed by atoms with Gasteiger partial charge in [0.05, 0.1) is 5.69 Å². The predicted octanol–water partition coefficient (Wildman–Crippen LogP) is 4.32. The average Bonchev–Trinajstić information content (AvgIpc) is 3.23. The smallest absolute Gasteiger partial charge is 0.226 e. The fourth-order valence-electron chi connectivity index (χ4n) is 3.58. The van der Waals surface area contributed by atoms with Crippen LogP contribution in [0.25, 0.3) is 11.3 Å². The Kier molecular flexibility index (Phi) is 6.90. The van der Waals surface area contributed by atoms with Gasteiger partial charge in [-0.05, 0) is 48.6 Å². The Morgan fingerprint density at radius 1 is 0.939 bits per heavy atom. The summed E-state index contributed by atoms with van der Waals surface area (Å²) in [5, 5.41) is 12.6. The first-order valence-electron chi connectivity index (χ1n) is 10.8. The van der Waals surface area contributed by atoms with Crippen molar-refractivity contribution in [2.45, 2.75) is 26.2 Å². The summed E-state index contributed by atoms with van der Waals surface area (Å²) in [6.07, 6.45) is 2.02.